The van der Waals surface area contributed by atoms with Crippen molar-refractivity contribution in [3.8, 4) is 5.75 Å². The molecule has 1 aromatic rings. The van der Waals surface area contributed by atoms with Gasteiger partial charge in [0.15, 0.2) is 0 Å². The molecule has 1 saturated heterocycles. The SMILES string of the molecule is COCCCOc1cc(B2OC(C)(C)C(C)(C)O2)cc(C)c1C. The zero-order valence-corrected chi connectivity index (χ0v) is 15.5. The highest BCUT2D eigenvalue weighted by atomic mass is 16.7. The Morgan fingerprint density at radius 1 is 1.00 bits per heavy atom. The second-order valence-electron chi connectivity index (χ2n) is 7.24. The highest BCUT2D eigenvalue weighted by Crippen LogP contribution is 2.37. The van der Waals surface area contributed by atoms with E-state index in [4.69, 9.17) is 18.8 Å². The van der Waals surface area contributed by atoms with Crippen molar-refractivity contribution in [3.05, 3.63) is 23.3 Å². The van der Waals surface area contributed by atoms with Gasteiger partial charge in [0, 0.05) is 20.1 Å². The first-order valence-electron chi connectivity index (χ1n) is 8.26. The number of rotatable bonds is 6. The van der Waals surface area contributed by atoms with Gasteiger partial charge in [-0.3, -0.25) is 0 Å². The summed E-state index contributed by atoms with van der Waals surface area (Å²) in [7, 11) is 1.34. The van der Waals surface area contributed by atoms with Gasteiger partial charge in [0.1, 0.15) is 5.75 Å². The molecule has 0 spiro atoms. The largest absolute Gasteiger partial charge is 0.494 e. The lowest BCUT2D eigenvalue weighted by atomic mass is 9.77. The zero-order valence-electron chi connectivity index (χ0n) is 15.5. The molecule has 0 unspecified atom stereocenters. The molecule has 1 aliphatic heterocycles. The third-order valence-corrected chi connectivity index (χ3v) is 4.92. The lowest BCUT2D eigenvalue weighted by molar-refractivity contribution is 0.00578. The van der Waals surface area contributed by atoms with Crippen molar-refractivity contribution in [2.75, 3.05) is 20.3 Å². The van der Waals surface area contributed by atoms with E-state index in [1.807, 2.05) is 6.07 Å². The van der Waals surface area contributed by atoms with Crippen LogP contribution < -0.4 is 10.2 Å². The Hall–Kier alpha value is -1.04. The molecular weight excluding hydrogens is 291 g/mol. The van der Waals surface area contributed by atoms with Gasteiger partial charge < -0.3 is 18.8 Å². The van der Waals surface area contributed by atoms with Crippen LogP contribution in [0.25, 0.3) is 0 Å². The van der Waals surface area contributed by atoms with E-state index in [0.717, 1.165) is 23.2 Å². The molecule has 1 heterocycles. The van der Waals surface area contributed by atoms with Crippen LogP contribution in [-0.2, 0) is 14.0 Å². The second kappa shape index (κ2) is 6.84. The number of hydrogen-bond donors (Lipinski definition) is 0. The fourth-order valence-corrected chi connectivity index (χ4v) is 2.50. The maximum absolute atomic E-state index is 6.15. The first-order valence-corrected chi connectivity index (χ1v) is 8.26. The summed E-state index contributed by atoms with van der Waals surface area (Å²) < 4.78 is 23.3. The van der Waals surface area contributed by atoms with E-state index in [9.17, 15) is 0 Å². The Morgan fingerprint density at radius 3 is 2.17 bits per heavy atom. The number of aryl methyl sites for hydroxylation is 1. The third-order valence-electron chi connectivity index (χ3n) is 4.92. The van der Waals surface area contributed by atoms with Gasteiger partial charge in [0.05, 0.1) is 17.8 Å². The summed E-state index contributed by atoms with van der Waals surface area (Å²) in [5.41, 5.74) is 2.67. The molecular formula is C18H29BO4. The molecule has 5 heteroatoms. The van der Waals surface area contributed by atoms with Crippen molar-refractivity contribution in [1.82, 2.24) is 0 Å². The molecule has 1 aliphatic rings. The molecule has 0 aromatic heterocycles. The summed E-state index contributed by atoms with van der Waals surface area (Å²) in [6.07, 6.45) is 0.871. The van der Waals surface area contributed by atoms with E-state index in [1.54, 1.807) is 7.11 Å². The van der Waals surface area contributed by atoms with Gasteiger partial charge in [0.2, 0.25) is 0 Å². The number of benzene rings is 1. The van der Waals surface area contributed by atoms with E-state index >= 15 is 0 Å². The molecule has 1 fully saturated rings. The first-order chi connectivity index (χ1) is 10.7. The van der Waals surface area contributed by atoms with Crippen LogP contribution in [0.1, 0.15) is 45.2 Å². The molecule has 4 nitrogen and oxygen atoms in total. The average molecular weight is 320 g/mol. The summed E-state index contributed by atoms with van der Waals surface area (Å²) in [6.45, 7) is 13.8. The quantitative estimate of drug-likeness (QED) is 0.596. The molecule has 1 aromatic carbocycles. The average Bonchev–Trinajstić information content (AvgIpc) is 2.68. The Morgan fingerprint density at radius 2 is 1.61 bits per heavy atom. The van der Waals surface area contributed by atoms with E-state index in [0.29, 0.717) is 13.2 Å². The minimum atomic E-state index is -0.361. The van der Waals surface area contributed by atoms with Gasteiger partial charge >= 0.3 is 7.12 Å². The highest BCUT2D eigenvalue weighted by molar-refractivity contribution is 6.62. The van der Waals surface area contributed by atoms with E-state index in [-0.39, 0.29) is 18.3 Å². The normalized spacial score (nSPS) is 19.2. The maximum atomic E-state index is 6.15. The zero-order chi connectivity index (χ0) is 17.3. The molecule has 0 bridgehead atoms. The van der Waals surface area contributed by atoms with Gasteiger partial charge in [-0.15, -0.1) is 0 Å². The Balaban J connectivity index is 2.19. The molecule has 0 N–H and O–H groups in total. The van der Waals surface area contributed by atoms with Crippen LogP contribution in [0, 0.1) is 13.8 Å². The van der Waals surface area contributed by atoms with E-state index in [2.05, 4.69) is 47.6 Å². The second-order valence-corrected chi connectivity index (χ2v) is 7.24. The first kappa shape index (κ1) is 18.3. The topological polar surface area (TPSA) is 36.9 Å². The van der Waals surface area contributed by atoms with Crippen molar-refractivity contribution in [2.24, 2.45) is 0 Å². The number of ether oxygens (including phenoxy) is 2. The van der Waals surface area contributed by atoms with Gasteiger partial charge in [0.25, 0.3) is 0 Å². The maximum Gasteiger partial charge on any atom is 0.494 e. The fraction of sp³-hybridized carbons (Fsp3) is 0.667. The Bertz CT molecular complexity index is 538. The molecule has 2 rings (SSSR count). The van der Waals surface area contributed by atoms with Crippen molar-refractivity contribution in [1.29, 1.82) is 0 Å². The van der Waals surface area contributed by atoms with Crippen molar-refractivity contribution in [3.63, 3.8) is 0 Å². The summed E-state index contributed by atoms with van der Waals surface area (Å²) in [6, 6.07) is 4.16. The summed E-state index contributed by atoms with van der Waals surface area (Å²) >= 11 is 0. The predicted octanol–water partition coefficient (Wildman–Crippen LogP) is 3.02. The van der Waals surface area contributed by atoms with Gasteiger partial charge in [-0.1, -0.05) is 6.07 Å². The molecule has 0 amide bonds. The van der Waals surface area contributed by atoms with Crippen LogP contribution in [0.4, 0.5) is 0 Å². The van der Waals surface area contributed by atoms with Crippen LogP contribution in [-0.4, -0.2) is 38.6 Å². The standard InChI is InChI=1S/C18H29BO4/c1-13-11-15(19-22-17(3,4)18(5,6)23-19)12-16(14(13)2)21-10-8-9-20-7/h11-12H,8-10H2,1-7H3. The fourth-order valence-electron chi connectivity index (χ4n) is 2.50. The van der Waals surface area contributed by atoms with Gasteiger partial charge in [-0.25, -0.2) is 0 Å². The Labute approximate surface area is 140 Å². The summed E-state index contributed by atoms with van der Waals surface area (Å²) in [5, 5.41) is 0. The van der Waals surface area contributed by atoms with Crippen LogP contribution >= 0.6 is 0 Å². The molecule has 0 radical (unpaired) electrons. The lowest BCUT2D eigenvalue weighted by Crippen LogP contribution is -2.41. The van der Waals surface area contributed by atoms with Crippen molar-refractivity contribution < 1.29 is 18.8 Å². The van der Waals surface area contributed by atoms with Crippen LogP contribution in [0.3, 0.4) is 0 Å². The van der Waals surface area contributed by atoms with Crippen LogP contribution in [0.5, 0.6) is 5.75 Å². The van der Waals surface area contributed by atoms with Crippen LogP contribution in [0.15, 0.2) is 12.1 Å². The minimum Gasteiger partial charge on any atom is -0.493 e. The molecule has 0 atom stereocenters. The van der Waals surface area contributed by atoms with Gasteiger partial charge in [-0.05, 0) is 64.2 Å². The third kappa shape index (κ3) is 3.90. The predicted molar refractivity (Wildman–Crippen MR) is 93.6 cm³/mol. The molecule has 0 saturated carbocycles. The van der Waals surface area contributed by atoms with E-state index in [1.165, 1.54) is 5.56 Å². The summed E-state index contributed by atoms with van der Waals surface area (Å²) in [4.78, 5) is 0. The van der Waals surface area contributed by atoms with Crippen LogP contribution in [0.2, 0.25) is 0 Å². The highest BCUT2D eigenvalue weighted by Gasteiger charge is 2.51. The lowest BCUT2D eigenvalue weighted by Gasteiger charge is -2.32. The monoisotopic (exact) mass is 320 g/mol. The Kier molecular flexibility index (Phi) is 5.44. The van der Waals surface area contributed by atoms with Gasteiger partial charge in [-0.2, -0.15) is 0 Å². The molecule has 0 aliphatic carbocycles. The molecule has 128 valence electrons. The number of methoxy groups -OCH3 is 1. The molecule has 23 heavy (non-hydrogen) atoms. The summed E-state index contributed by atoms with van der Waals surface area (Å²) in [5.74, 6) is 0.894. The van der Waals surface area contributed by atoms with E-state index < -0.39 is 0 Å². The minimum absolute atomic E-state index is 0.337. The smallest absolute Gasteiger partial charge is 0.493 e. The van der Waals surface area contributed by atoms with Crippen molar-refractivity contribution in [2.45, 2.75) is 59.2 Å². The number of hydrogen-bond acceptors (Lipinski definition) is 4. The van der Waals surface area contributed by atoms with Crippen molar-refractivity contribution >= 4 is 12.6 Å².